The van der Waals surface area contributed by atoms with Crippen LogP contribution in [0.1, 0.15) is 37.4 Å². The topological polar surface area (TPSA) is 85.3 Å². The van der Waals surface area contributed by atoms with E-state index >= 15 is 0 Å². The van der Waals surface area contributed by atoms with Crippen LogP contribution in [-0.2, 0) is 14.3 Å². The quantitative estimate of drug-likeness (QED) is 0.251. The Morgan fingerprint density at radius 3 is 2.39 bits per heavy atom. The van der Waals surface area contributed by atoms with Gasteiger partial charge in [0.05, 0.1) is 25.3 Å². The maximum absolute atomic E-state index is 13.1. The van der Waals surface area contributed by atoms with Gasteiger partial charge in [-0.1, -0.05) is 32.0 Å². The number of rotatable bonds is 10. The van der Waals surface area contributed by atoms with E-state index in [-0.39, 0.29) is 11.3 Å². The van der Waals surface area contributed by atoms with Crippen LogP contribution in [0.3, 0.4) is 0 Å². The molecule has 1 aliphatic heterocycles. The van der Waals surface area contributed by atoms with E-state index in [2.05, 4.69) is 13.8 Å². The lowest BCUT2D eigenvalue weighted by molar-refractivity contribution is -0.140. The summed E-state index contributed by atoms with van der Waals surface area (Å²) in [6, 6.07) is 13.3. The van der Waals surface area contributed by atoms with Gasteiger partial charge in [-0.05, 0) is 42.7 Å². The molecule has 0 spiro atoms. The molecule has 1 aliphatic rings. The van der Waals surface area contributed by atoms with Crippen LogP contribution in [0.2, 0.25) is 0 Å². The molecular weight excluding hydrogens is 422 g/mol. The van der Waals surface area contributed by atoms with E-state index in [0.29, 0.717) is 54.7 Å². The lowest BCUT2D eigenvalue weighted by Crippen LogP contribution is -2.31. The number of aliphatic hydroxyl groups excluding tert-OH is 1. The summed E-state index contributed by atoms with van der Waals surface area (Å²) in [5.74, 6) is -0.0191. The van der Waals surface area contributed by atoms with Gasteiger partial charge < -0.3 is 24.2 Å². The molecule has 1 saturated heterocycles. The number of ether oxygens (including phenoxy) is 3. The Morgan fingerprint density at radius 2 is 1.76 bits per heavy atom. The number of amides is 1. The van der Waals surface area contributed by atoms with Crippen molar-refractivity contribution in [3.05, 3.63) is 65.2 Å². The van der Waals surface area contributed by atoms with Crippen molar-refractivity contribution in [2.24, 2.45) is 5.92 Å². The van der Waals surface area contributed by atoms with Gasteiger partial charge in [0.15, 0.2) is 0 Å². The molecule has 1 fully saturated rings. The van der Waals surface area contributed by atoms with Crippen molar-refractivity contribution >= 4 is 17.4 Å². The zero-order valence-corrected chi connectivity index (χ0v) is 19.5. The SMILES string of the molecule is COCCCN1C(=O)C(=O)C(=C(O)c2ccc(OCC(C)C)cc2)[C@H]1c1ccccc1OC. The maximum Gasteiger partial charge on any atom is 0.295 e. The van der Waals surface area contributed by atoms with Gasteiger partial charge in [0, 0.05) is 31.4 Å². The predicted molar refractivity (Wildman–Crippen MR) is 125 cm³/mol. The van der Waals surface area contributed by atoms with Gasteiger partial charge in [-0.15, -0.1) is 0 Å². The number of aliphatic hydroxyl groups is 1. The summed E-state index contributed by atoms with van der Waals surface area (Å²) in [5.41, 5.74) is 1.11. The fourth-order valence-corrected chi connectivity index (χ4v) is 3.83. The normalized spacial score (nSPS) is 17.6. The highest BCUT2D eigenvalue weighted by molar-refractivity contribution is 6.46. The van der Waals surface area contributed by atoms with Crippen LogP contribution in [0.25, 0.3) is 5.76 Å². The molecule has 33 heavy (non-hydrogen) atoms. The molecular formula is C26H31NO6. The van der Waals surface area contributed by atoms with Crippen molar-refractivity contribution in [2.75, 3.05) is 34.0 Å². The summed E-state index contributed by atoms with van der Waals surface area (Å²) in [5, 5.41) is 11.2. The zero-order chi connectivity index (χ0) is 24.0. The molecule has 7 nitrogen and oxygen atoms in total. The Bertz CT molecular complexity index is 1010. The Morgan fingerprint density at radius 1 is 1.06 bits per heavy atom. The van der Waals surface area contributed by atoms with Crippen molar-refractivity contribution in [2.45, 2.75) is 26.3 Å². The molecule has 0 bridgehead atoms. The van der Waals surface area contributed by atoms with E-state index < -0.39 is 17.7 Å². The number of methoxy groups -OCH3 is 2. The molecule has 1 heterocycles. The number of benzene rings is 2. The average Bonchev–Trinajstić information content (AvgIpc) is 3.07. The smallest absolute Gasteiger partial charge is 0.295 e. The fourth-order valence-electron chi connectivity index (χ4n) is 3.83. The van der Waals surface area contributed by atoms with Crippen molar-refractivity contribution in [1.82, 2.24) is 4.90 Å². The van der Waals surface area contributed by atoms with Crippen LogP contribution >= 0.6 is 0 Å². The second kappa shape index (κ2) is 11.0. The minimum atomic E-state index is -0.769. The molecule has 0 aromatic heterocycles. The van der Waals surface area contributed by atoms with E-state index in [4.69, 9.17) is 14.2 Å². The molecule has 2 aromatic rings. The molecule has 7 heteroatoms. The molecule has 176 valence electrons. The zero-order valence-electron chi connectivity index (χ0n) is 19.5. The molecule has 1 amide bonds. The van der Waals surface area contributed by atoms with Crippen LogP contribution in [0.15, 0.2) is 54.1 Å². The Labute approximate surface area is 194 Å². The van der Waals surface area contributed by atoms with Crippen molar-refractivity contribution in [3.63, 3.8) is 0 Å². The van der Waals surface area contributed by atoms with Crippen molar-refractivity contribution < 1.29 is 28.9 Å². The summed E-state index contributed by atoms with van der Waals surface area (Å²) in [6.45, 7) is 5.44. The number of carbonyl (C=O) groups excluding carboxylic acids is 2. The molecule has 0 saturated carbocycles. The Balaban J connectivity index is 2.05. The lowest BCUT2D eigenvalue weighted by atomic mass is 9.94. The van der Waals surface area contributed by atoms with Crippen LogP contribution in [0, 0.1) is 5.92 Å². The Kier molecular flexibility index (Phi) is 8.11. The number of nitrogens with zero attached hydrogens (tertiary/aromatic N) is 1. The molecule has 0 radical (unpaired) electrons. The van der Waals surface area contributed by atoms with E-state index in [0.717, 1.165) is 0 Å². The molecule has 0 unspecified atom stereocenters. The third-order valence-electron chi connectivity index (χ3n) is 5.43. The number of hydrogen-bond donors (Lipinski definition) is 1. The number of likely N-dealkylation sites (tertiary alicyclic amines) is 1. The highest BCUT2D eigenvalue weighted by Crippen LogP contribution is 2.42. The highest BCUT2D eigenvalue weighted by atomic mass is 16.5. The minimum Gasteiger partial charge on any atom is -0.507 e. The van der Waals surface area contributed by atoms with E-state index in [9.17, 15) is 14.7 Å². The molecule has 1 N–H and O–H groups in total. The van der Waals surface area contributed by atoms with Crippen molar-refractivity contribution in [3.8, 4) is 11.5 Å². The number of carbonyl (C=O) groups is 2. The molecule has 0 aliphatic carbocycles. The van der Waals surface area contributed by atoms with Crippen LogP contribution < -0.4 is 9.47 Å². The van der Waals surface area contributed by atoms with E-state index in [1.165, 1.54) is 12.0 Å². The summed E-state index contributed by atoms with van der Waals surface area (Å²) < 4.78 is 16.3. The first kappa shape index (κ1) is 24.3. The summed E-state index contributed by atoms with van der Waals surface area (Å²) in [7, 11) is 3.12. The van der Waals surface area contributed by atoms with Gasteiger partial charge in [-0.2, -0.15) is 0 Å². The first-order valence-electron chi connectivity index (χ1n) is 11.0. The largest absolute Gasteiger partial charge is 0.507 e. The first-order chi connectivity index (χ1) is 15.9. The van der Waals surface area contributed by atoms with Gasteiger partial charge in [0.25, 0.3) is 11.7 Å². The second-order valence-corrected chi connectivity index (χ2v) is 8.31. The lowest BCUT2D eigenvalue weighted by Gasteiger charge is -2.26. The van der Waals surface area contributed by atoms with Crippen molar-refractivity contribution in [1.29, 1.82) is 0 Å². The van der Waals surface area contributed by atoms with Crippen LogP contribution in [-0.4, -0.2) is 55.7 Å². The highest BCUT2D eigenvalue weighted by Gasteiger charge is 2.46. The van der Waals surface area contributed by atoms with Gasteiger partial charge in [-0.25, -0.2) is 0 Å². The van der Waals surface area contributed by atoms with Gasteiger partial charge in [0.1, 0.15) is 17.3 Å². The van der Waals surface area contributed by atoms with Gasteiger partial charge in [0.2, 0.25) is 0 Å². The van der Waals surface area contributed by atoms with E-state index in [1.54, 1.807) is 43.5 Å². The molecule has 1 atom stereocenters. The third kappa shape index (κ3) is 5.37. The number of Topliss-reactive ketones (excluding diaryl/α,β-unsaturated/α-hetero) is 1. The predicted octanol–water partition coefficient (Wildman–Crippen LogP) is 4.19. The summed E-state index contributed by atoms with van der Waals surface area (Å²) >= 11 is 0. The molecule has 2 aromatic carbocycles. The monoisotopic (exact) mass is 453 g/mol. The fraction of sp³-hybridized carbons (Fsp3) is 0.385. The van der Waals surface area contributed by atoms with Gasteiger partial charge in [-0.3, -0.25) is 9.59 Å². The number of ketones is 1. The second-order valence-electron chi connectivity index (χ2n) is 8.31. The van der Waals surface area contributed by atoms with E-state index in [1.807, 2.05) is 12.1 Å². The third-order valence-corrected chi connectivity index (χ3v) is 5.43. The standard InChI is InChI=1S/C26H31NO6/c1-17(2)16-33-19-12-10-18(11-13-19)24(28)22-23(20-8-5-6-9-21(20)32-4)27(14-7-15-31-3)26(30)25(22)29/h5-6,8-13,17,23,28H,7,14-16H2,1-4H3/t23-/m1/s1. The first-order valence-corrected chi connectivity index (χ1v) is 11.0. The van der Waals surface area contributed by atoms with Gasteiger partial charge >= 0.3 is 0 Å². The number of hydrogen-bond acceptors (Lipinski definition) is 6. The Hall–Kier alpha value is -3.32. The maximum atomic E-state index is 13.1. The summed E-state index contributed by atoms with van der Waals surface area (Å²) in [4.78, 5) is 27.5. The average molecular weight is 454 g/mol. The summed E-state index contributed by atoms with van der Waals surface area (Å²) in [6.07, 6.45) is 0.553. The van der Waals surface area contributed by atoms with Crippen LogP contribution in [0.4, 0.5) is 0 Å². The minimum absolute atomic E-state index is 0.0396. The van der Waals surface area contributed by atoms with Crippen LogP contribution in [0.5, 0.6) is 11.5 Å². The number of para-hydroxylation sites is 1. The molecule has 3 rings (SSSR count).